The monoisotopic (exact) mass is 464 g/mol. The summed E-state index contributed by atoms with van der Waals surface area (Å²) >= 11 is 1.41. The van der Waals surface area contributed by atoms with Crippen LogP contribution in [0.5, 0.6) is 5.75 Å². The van der Waals surface area contributed by atoms with Crippen molar-refractivity contribution in [2.24, 2.45) is 0 Å². The third-order valence-electron chi connectivity index (χ3n) is 5.64. The van der Waals surface area contributed by atoms with Gasteiger partial charge in [-0.2, -0.15) is 0 Å². The molecule has 0 radical (unpaired) electrons. The fourth-order valence-corrected chi connectivity index (χ4v) is 4.51. The average Bonchev–Trinajstić information content (AvgIpc) is 3.57. The van der Waals surface area contributed by atoms with Gasteiger partial charge in [-0.3, -0.25) is 9.59 Å². The number of carbonyl (C=O) groups excluding carboxylic acids is 2. The van der Waals surface area contributed by atoms with E-state index in [1.807, 2.05) is 64.9 Å². The molecule has 2 heterocycles. The molecule has 1 fully saturated rings. The molecule has 1 unspecified atom stereocenters. The van der Waals surface area contributed by atoms with Crippen LogP contribution in [0.4, 0.5) is 0 Å². The Balaban J connectivity index is 1.43. The van der Waals surface area contributed by atoms with E-state index in [9.17, 15) is 9.59 Å². The molecule has 1 saturated heterocycles. The molecule has 1 aliphatic heterocycles. The fourth-order valence-electron chi connectivity index (χ4n) is 3.87. The van der Waals surface area contributed by atoms with Crippen LogP contribution in [0, 0.1) is 0 Å². The Hall–Kier alpha value is -3.16. The SMILES string of the molecule is COc1cccc(CN(CC2CCCO2)C(=O)c2ccc(CNC(=O)c3cccs3)cc2)c1. The maximum absolute atomic E-state index is 13.4. The smallest absolute Gasteiger partial charge is 0.261 e. The van der Waals surface area contributed by atoms with Crippen molar-refractivity contribution in [3.05, 3.63) is 87.6 Å². The van der Waals surface area contributed by atoms with Gasteiger partial charge in [0.05, 0.1) is 18.1 Å². The topological polar surface area (TPSA) is 67.9 Å². The number of hydrogen-bond donors (Lipinski definition) is 1. The quantitative estimate of drug-likeness (QED) is 0.506. The first-order valence-electron chi connectivity index (χ1n) is 11.1. The number of methoxy groups -OCH3 is 1. The van der Waals surface area contributed by atoms with Gasteiger partial charge in [-0.1, -0.05) is 30.3 Å². The third kappa shape index (κ3) is 6.21. The molecule has 0 aliphatic carbocycles. The largest absolute Gasteiger partial charge is 0.497 e. The van der Waals surface area contributed by atoms with Gasteiger partial charge in [0.1, 0.15) is 5.75 Å². The molecule has 1 aromatic heterocycles. The number of rotatable bonds is 9. The summed E-state index contributed by atoms with van der Waals surface area (Å²) in [6.45, 7) is 2.19. The lowest BCUT2D eigenvalue weighted by molar-refractivity contribution is 0.0507. The lowest BCUT2D eigenvalue weighted by atomic mass is 10.1. The number of carbonyl (C=O) groups is 2. The van der Waals surface area contributed by atoms with E-state index in [0.717, 1.165) is 36.3 Å². The Kier molecular flexibility index (Phi) is 7.75. The summed E-state index contributed by atoms with van der Waals surface area (Å²) in [6, 6.07) is 18.9. The highest BCUT2D eigenvalue weighted by molar-refractivity contribution is 7.12. The average molecular weight is 465 g/mol. The third-order valence-corrected chi connectivity index (χ3v) is 6.51. The minimum absolute atomic E-state index is 0.0394. The van der Waals surface area contributed by atoms with Gasteiger partial charge in [0.2, 0.25) is 0 Å². The van der Waals surface area contributed by atoms with Crippen molar-refractivity contribution in [2.45, 2.75) is 32.0 Å². The summed E-state index contributed by atoms with van der Waals surface area (Å²) in [5.41, 5.74) is 2.56. The van der Waals surface area contributed by atoms with Crippen LogP contribution in [0.3, 0.4) is 0 Å². The summed E-state index contributed by atoms with van der Waals surface area (Å²) in [4.78, 5) is 28.1. The molecular weight excluding hydrogens is 436 g/mol. The molecule has 172 valence electrons. The Morgan fingerprint density at radius 1 is 1.12 bits per heavy atom. The number of amides is 2. The number of nitrogens with one attached hydrogen (secondary N) is 1. The number of nitrogens with zero attached hydrogens (tertiary/aromatic N) is 1. The number of ether oxygens (including phenoxy) is 2. The number of hydrogen-bond acceptors (Lipinski definition) is 5. The van der Waals surface area contributed by atoms with Crippen LogP contribution in [0.1, 0.15) is 44.0 Å². The van der Waals surface area contributed by atoms with Crippen molar-refractivity contribution in [1.82, 2.24) is 10.2 Å². The minimum atomic E-state index is -0.0915. The van der Waals surface area contributed by atoms with Crippen molar-refractivity contribution in [1.29, 1.82) is 0 Å². The van der Waals surface area contributed by atoms with Gasteiger partial charge in [-0.05, 0) is 59.7 Å². The molecule has 4 rings (SSSR count). The Bertz CT molecular complexity index is 1060. The lowest BCUT2D eigenvalue weighted by Crippen LogP contribution is -2.37. The van der Waals surface area contributed by atoms with Gasteiger partial charge in [-0.25, -0.2) is 0 Å². The molecular formula is C26H28N2O4S. The second-order valence-electron chi connectivity index (χ2n) is 8.03. The van der Waals surface area contributed by atoms with Crippen LogP contribution in [-0.4, -0.2) is 43.1 Å². The Labute approximate surface area is 198 Å². The molecule has 6 nitrogen and oxygen atoms in total. The van der Waals surface area contributed by atoms with E-state index in [4.69, 9.17) is 9.47 Å². The van der Waals surface area contributed by atoms with Crippen molar-refractivity contribution in [3.8, 4) is 5.75 Å². The van der Waals surface area contributed by atoms with E-state index in [2.05, 4.69) is 5.32 Å². The highest BCUT2D eigenvalue weighted by atomic mass is 32.1. The molecule has 1 atom stereocenters. The van der Waals surface area contributed by atoms with Crippen LogP contribution < -0.4 is 10.1 Å². The lowest BCUT2D eigenvalue weighted by Gasteiger charge is -2.26. The molecule has 7 heteroatoms. The second kappa shape index (κ2) is 11.1. The van der Waals surface area contributed by atoms with E-state index in [1.54, 1.807) is 13.2 Å². The van der Waals surface area contributed by atoms with Gasteiger partial charge in [-0.15, -0.1) is 11.3 Å². The number of thiophene rings is 1. The van der Waals surface area contributed by atoms with Crippen molar-refractivity contribution < 1.29 is 19.1 Å². The van der Waals surface area contributed by atoms with E-state index >= 15 is 0 Å². The summed E-state index contributed by atoms with van der Waals surface area (Å²) in [6.07, 6.45) is 2.05. The summed E-state index contributed by atoms with van der Waals surface area (Å²) < 4.78 is 11.1. The van der Waals surface area contributed by atoms with Crippen LogP contribution in [0.25, 0.3) is 0 Å². The van der Waals surface area contributed by atoms with Crippen LogP contribution in [0.2, 0.25) is 0 Å². The predicted octanol–water partition coefficient (Wildman–Crippen LogP) is 4.51. The number of benzene rings is 2. The molecule has 0 saturated carbocycles. The van der Waals surface area contributed by atoms with Crippen LogP contribution >= 0.6 is 11.3 Å². The van der Waals surface area contributed by atoms with Crippen LogP contribution in [-0.2, 0) is 17.8 Å². The molecule has 1 N–H and O–H groups in total. The first-order chi connectivity index (χ1) is 16.1. The molecule has 0 bridgehead atoms. The minimum Gasteiger partial charge on any atom is -0.497 e. The zero-order valence-corrected chi connectivity index (χ0v) is 19.5. The van der Waals surface area contributed by atoms with E-state index in [-0.39, 0.29) is 17.9 Å². The fraction of sp³-hybridized carbons (Fsp3) is 0.308. The van der Waals surface area contributed by atoms with Gasteiger partial charge in [0, 0.05) is 31.8 Å². The van der Waals surface area contributed by atoms with Gasteiger partial charge >= 0.3 is 0 Å². The van der Waals surface area contributed by atoms with E-state index in [1.165, 1.54) is 11.3 Å². The zero-order valence-electron chi connectivity index (χ0n) is 18.7. The highest BCUT2D eigenvalue weighted by Gasteiger charge is 2.24. The van der Waals surface area contributed by atoms with Gasteiger partial charge in [0.25, 0.3) is 11.8 Å². The van der Waals surface area contributed by atoms with Crippen molar-refractivity contribution in [3.63, 3.8) is 0 Å². The van der Waals surface area contributed by atoms with E-state index in [0.29, 0.717) is 30.1 Å². The first-order valence-corrected chi connectivity index (χ1v) is 11.9. The molecule has 0 spiro atoms. The molecule has 1 aliphatic rings. The van der Waals surface area contributed by atoms with Crippen molar-refractivity contribution >= 4 is 23.2 Å². The standard InChI is InChI=1S/C26H28N2O4S/c1-31-22-6-2-5-20(15-22)17-28(18-23-7-3-13-32-23)26(30)21-11-9-19(10-12-21)16-27-25(29)24-8-4-14-33-24/h2,4-6,8-12,14-15,23H,3,7,13,16-18H2,1H3,(H,27,29). The first kappa shape index (κ1) is 23.0. The Morgan fingerprint density at radius 2 is 1.97 bits per heavy atom. The maximum atomic E-state index is 13.4. The van der Waals surface area contributed by atoms with Crippen LogP contribution in [0.15, 0.2) is 66.0 Å². The second-order valence-corrected chi connectivity index (χ2v) is 8.98. The van der Waals surface area contributed by atoms with Gasteiger partial charge < -0.3 is 19.7 Å². The van der Waals surface area contributed by atoms with Gasteiger partial charge in [0.15, 0.2) is 0 Å². The summed E-state index contributed by atoms with van der Waals surface area (Å²) in [5.74, 6) is 0.639. The molecule has 2 amide bonds. The summed E-state index contributed by atoms with van der Waals surface area (Å²) in [7, 11) is 1.64. The molecule has 2 aromatic carbocycles. The van der Waals surface area contributed by atoms with E-state index < -0.39 is 0 Å². The molecule has 3 aromatic rings. The van der Waals surface area contributed by atoms with Crippen molar-refractivity contribution in [2.75, 3.05) is 20.3 Å². The normalized spacial score (nSPS) is 15.2. The molecule has 33 heavy (non-hydrogen) atoms. The predicted molar refractivity (Wildman–Crippen MR) is 129 cm³/mol. The maximum Gasteiger partial charge on any atom is 0.261 e. The Morgan fingerprint density at radius 3 is 2.67 bits per heavy atom. The zero-order chi connectivity index (χ0) is 23.0. The highest BCUT2D eigenvalue weighted by Crippen LogP contribution is 2.20. The summed E-state index contributed by atoms with van der Waals surface area (Å²) in [5, 5.41) is 4.79.